The number of rotatable bonds is 2. The van der Waals surface area contributed by atoms with Gasteiger partial charge in [0.15, 0.2) is 0 Å². The molecule has 0 aliphatic carbocycles. The fraction of sp³-hybridized carbons (Fsp3) is 0.0833. The lowest BCUT2D eigenvalue weighted by Crippen LogP contribution is -2.12. The molecule has 0 saturated carbocycles. The standard InChI is InChI=1S/C12H9F3N2O/c13-12(14,15)8-3-5-9(6-4-8)17-11(18)10-2-1-7-16-10/h1-7,16H,(H,17,18). The number of anilines is 1. The van der Waals surface area contributed by atoms with Crippen LogP contribution >= 0.6 is 0 Å². The smallest absolute Gasteiger partial charge is 0.357 e. The predicted octanol–water partition coefficient (Wildman–Crippen LogP) is 3.29. The van der Waals surface area contributed by atoms with Gasteiger partial charge in [-0.05, 0) is 36.4 Å². The summed E-state index contributed by atoms with van der Waals surface area (Å²) in [6.07, 6.45) is -2.79. The van der Waals surface area contributed by atoms with Gasteiger partial charge in [0.25, 0.3) is 5.91 Å². The summed E-state index contributed by atoms with van der Waals surface area (Å²) in [6.45, 7) is 0. The molecule has 0 saturated heterocycles. The summed E-state index contributed by atoms with van der Waals surface area (Å²) in [7, 11) is 0. The zero-order chi connectivity index (χ0) is 13.2. The number of nitrogens with one attached hydrogen (secondary N) is 2. The molecule has 0 bridgehead atoms. The zero-order valence-electron chi connectivity index (χ0n) is 9.08. The van der Waals surface area contributed by atoms with Gasteiger partial charge in [-0.2, -0.15) is 13.2 Å². The van der Waals surface area contributed by atoms with Gasteiger partial charge in [0.2, 0.25) is 0 Å². The van der Waals surface area contributed by atoms with E-state index in [1.807, 2.05) is 0 Å². The Labute approximate surface area is 101 Å². The van der Waals surface area contributed by atoms with E-state index in [4.69, 9.17) is 0 Å². The number of alkyl halides is 3. The molecule has 1 amide bonds. The molecule has 1 aromatic carbocycles. The number of H-pyrrole nitrogens is 1. The summed E-state index contributed by atoms with van der Waals surface area (Å²) in [6, 6.07) is 7.49. The fourth-order valence-corrected chi connectivity index (χ4v) is 1.41. The number of aromatic nitrogens is 1. The van der Waals surface area contributed by atoms with Crippen LogP contribution in [0.2, 0.25) is 0 Å². The average Bonchev–Trinajstić information content (AvgIpc) is 2.82. The molecule has 6 heteroatoms. The molecule has 0 spiro atoms. The van der Waals surface area contributed by atoms with E-state index in [1.165, 1.54) is 12.1 Å². The maximum Gasteiger partial charge on any atom is 0.416 e. The predicted molar refractivity (Wildman–Crippen MR) is 60.2 cm³/mol. The van der Waals surface area contributed by atoms with Crippen LogP contribution < -0.4 is 5.32 Å². The summed E-state index contributed by atoms with van der Waals surface area (Å²) < 4.78 is 36.9. The molecule has 0 fully saturated rings. The largest absolute Gasteiger partial charge is 0.416 e. The quantitative estimate of drug-likeness (QED) is 0.848. The third kappa shape index (κ3) is 2.71. The highest BCUT2D eigenvalue weighted by Crippen LogP contribution is 2.29. The Kier molecular flexibility index (Phi) is 3.10. The molecule has 2 N–H and O–H groups in total. The van der Waals surface area contributed by atoms with Crippen molar-refractivity contribution < 1.29 is 18.0 Å². The first kappa shape index (κ1) is 12.2. The van der Waals surface area contributed by atoms with E-state index in [0.717, 1.165) is 12.1 Å². The first-order chi connectivity index (χ1) is 8.47. The van der Waals surface area contributed by atoms with Crippen LogP contribution in [0.25, 0.3) is 0 Å². The molecule has 18 heavy (non-hydrogen) atoms. The maximum absolute atomic E-state index is 12.3. The molecule has 2 aromatic rings. The van der Waals surface area contributed by atoms with Crippen molar-refractivity contribution in [1.29, 1.82) is 0 Å². The van der Waals surface area contributed by atoms with Gasteiger partial charge in [0.1, 0.15) is 5.69 Å². The van der Waals surface area contributed by atoms with Crippen LogP contribution in [0, 0.1) is 0 Å². The molecule has 1 heterocycles. The highest BCUT2D eigenvalue weighted by Gasteiger charge is 2.29. The Morgan fingerprint density at radius 3 is 2.28 bits per heavy atom. The Morgan fingerprint density at radius 2 is 1.78 bits per heavy atom. The summed E-state index contributed by atoms with van der Waals surface area (Å²) >= 11 is 0. The van der Waals surface area contributed by atoms with Gasteiger partial charge in [-0.25, -0.2) is 0 Å². The van der Waals surface area contributed by atoms with Gasteiger partial charge in [0, 0.05) is 11.9 Å². The van der Waals surface area contributed by atoms with Crippen LogP contribution in [0.15, 0.2) is 42.6 Å². The van der Waals surface area contributed by atoms with E-state index < -0.39 is 17.6 Å². The number of halogens is 3. The normalized spacial score (nSPS) is 11.3. The van der Waals surface area contributed by atoms with E-state index in [-0.39, 0.29) is 0 Å². The molecule has 2 rings (SSSR count). The molecule has 0 atom stereocenters. The first-order valence-electron chi connectivity index (χ1n) is 5.09. The maximum atomic E-state index is 12.3. The highest BCUT2D eigenvalue weighted by atomic mass is 19.4. The summed E-state index contributed by atoms with van der Waals surface area (Å²) in [5, 5.41) is 2.49. The number of hydrogen-bond acceptors (Lipinski definition) is 1. The van der Waals surface area contributed by atoms with E-state index in [9.17, 15) is 18.0 Å². The fourth-order valence-electron chi connectivity index (χ4n) is 1.41. The van der Waals surface area contributed by atoms with Crippen molar-refractivity contribution in [2.45, 2.75) is 6.18 Å². The van der Waals surface area contributed by atoms with Gasteiger partial charge >= 0.3 is 6.18 Å². The topological polar surface area (TPSA) is 44.9 Å². The third-order valence-corrected chi connectivity index (χ3v) is 2.31. The number of hydrogen-bond donors (Lipinski definition) is 2. The zero-order valence-corrected chi connectivity index (χ0v) is 9.08. The van der Waals surface area contributed by atoms with Gasteiger partial charge < -0.3 is 10.3 Å². The van der Waals surface area contributed by atoms with Crippen molar-refractivity contribution in [2.75, 3.05) is 5.32 Å². The van der Waals surface area contributed by atoms with Crippen LogP contribution in [-0.4, -0.2) is 10.9 Å². The van der Waals surface area contributed by atoms with Crippen LogP contribution in [0.4, 0.5) is 18.9 Å². The Morgan fingerprint density at radius 1 is 1.11 bits per heavy atom. The number of amides is 1. The minimum Gasteiger partial charge on any atom is -0.357 e. The summed E-state index contributed by atoms with van der Waals surface area (Å²) in [5.74, 6) is -0.403. The third-order valence-electron chi connectivity index (χ3n) is 2.31. The molecule has 3 nitrogen and oxygen atoms in total. The number of carbonyl (C=O) groups is 1. The van der Waals surface area contributed by atoms with Crippen molar-refractivity contribution in [1.82, 2.24) is 4.98 Å². The first-order valence-corrected chi connectivity index (χ1v) is 5.09. The van der Waals surface area contributed by atoms with Crippen molar-refractivity contribution in [3.63, 3.8) is 0 Å². The van der Waals surface area contributed by atoms with Gasteiger partial charge in [-0.1, -0.05) is 0 Å². The van der Waals surface area contributed by atoms with E-state index in [0.29, 0.717) is 11.4 Å². The van der Waals surface area contributed by atoms with Gasteiger partial charge in [-0.15, -0.1) is 0 Å². The van der Waals surface area contributed by atoms with Crippen molar-refractivity contribution in [3.8, 4) is 0 Å². The molecule has 94 valence electrons. The lowest BCUT2D eigenvalue weighted by molar-refractivity contribution is -0.137. The molecular formula is C12H9F3N2O. The van der Waals surface area contributed by atoms with Crippen LogP contribution in [0.1, 0.15) is 16.1 Å². The van der Waals surface area contributed by atoms with E-state index in [2.05, 4.69) is 10.3 Å². The minimum atomic E-state index is -4.37. The number of aromatic amines is 1. The monoisotopic (exact) mass is 254 g/mol. The SMILES string of the molecule is O=C(Nc1ccc(C(F)(F)F)cc1)c1ccc[nH]1. The average molecular weight is 254 g/mol. The molecule has 1 aromatic heterocycles. The molecule has 0 unspecified atom stereocenters. The Bertz CT molecular complexity index is 529. The summed E-state index contributed by atoms with van der Waals surface area (Å²) in [5.41, 5.74) is -0.0992. The van der Waals surface area contributed by atoms with E-state index in [1.54, 1.807) is 18.3 Å². The van der Waals surface area contributed by atoms with Crippen molar-refractivity contribution in [2.24, 2.45) is 0 Å². The second kappa shape index (κ2) is 4.56. The minimum absolute atomic E-state index is 0.308. The van der Waals surface area contributed by atoms with Crippen molar-refractivity contribution >= 4 is 11.6 Å². The highest BCUT2D eigenvalue weighted by molar-refractivity contribution is 6.02. The molecule has 0 aliphatic rings. The Hall–Kier alpha value is -2.24. The number of benzene rings is 1. The van der Waals surface area contributed by atoms with E-state index >= 15 is 0 Å². The van der Waals surface area contributed by atoms with Crippen molar-refractivity contribution in [3.05, 3.63) is 53.9 Å². The Balaban J connectivity index is 2.09. The van der Waals surface area contributed by atoms with Crippen LogP contribution in [0.5, 0.6) is 0 Å². The second-order valence-corrected chi connectivity index (χ2v) is 3.61. The molecule has 0 radical (unpaired) electrons. The number of carbonyl (C=O) groups excluding carboxylic acids is 1. The van der Waals surface area contributed by atoms with Gasteiger partial charge in [0.05, 0.1) is 5.56 Å². The lowest BCUT2D eigenvalue weighted by atomic mass is 10.2. The molecular weight excluding hydrogens is 245 g/mol. The second-order valence-electron chi connectivity index (χ2n) is 3.61. The summed E-state index contributed by atoms with van der Waals surface area (Å²) in [4.78, 5) is 14.3. The van der Waals surface area contributed by atoms with Crippen LogP contribution in [0.3, 0.4) is 0 Å². The van der Waals surface area contributed by atoms with Gasteiger partial charge in [-0.3, -0.25) is 4.79 Å². The van der Waals surface area contributed by atoms with Crippen LogP contribution in [-0.2, 0) is 6.18 Å². The molecule has 0 aliphatic heterocycles. The lowest BCUT2D eigenvalue weighted by Gasteiger charge is -2.08.